The van der Waals surface area contributed by atoms with Crippen molar-refractivity contribution < 1.29 is 14.0 Å². The number of amides is 2. The first-order valence-corrected chi connectivity index (χ1v) is 11.4. The minimum Gasteiger partial charge on any atom is -0.440 e. The molecule has 0 radical (unpaired) electrons. The number of nitrogens with zero attached hydrogens (tertiary/aromatic N) is 2. The molecule has 3 aromatic rings. The summed E-state index contributed by atoms with van der Waals surface area (Å²) in [6.07, 6.45) is 4.44. The molecule has 6 heteroatoms. The fourth-order valence-corrected chi connectivity index (χ4v) is 4.26. The molecule has 1 N–H and O–H groups in total. The van der Waals surface area contributed by atoms with Crippen LogP contribution in [0.25, 0.3) is 11.5 Å². The molecule has 2 amide bonds. The standard InChI is InChI=1S/C26H27N3O3/c30-24(22-23(19-13-14-19)32-25(28-22)20-11-5-2-6-12-20)27-21(17-18-9-3-1-4-10-18)26(31)29-15-7-8-16-29/h1-6,9-12,19,21H,7-8,13-17H2,(H,27,30). The minimum atomic E-state index is -0.632. The van der Waals surface area contributed by atoms with Gasteiger partial charge in [0.15, 0.2) is 5.69 Å². The first-order valence-electron chi connectivity index (χ1n) is 11.4. The number of hydrogen-bond acceptors (Lipinski definition) is 4. The highest BCUT2D eigenvalue weighted by atomic mass is 16.4. The van der Waals surface area contributed by atoms with E-state index in [0.717, 1.165) is 49.9 Å². The Bertz CT molecular complexity index is 1080. The number of benzene rings is 2. The van der Waals surface area contributed by atoms with Gasteiger partial charge in [-0.25, -0.2) is 4.98 Å². The molecule has 2 aliphatic rings. The van der Waals surface area contributed by atoms with Crippen LogP contribution >= 0.6 is 0 Å². The Hall–Kier alpha value is -3.41. The first kappa shape index (κ1) is 20.5. The second kappa shape index (κ2) is 8.99. The van der Waals surface area contributed by atoms with E-state index in [1.807, 2.05) is 65.6 Å². The molecule has 1 atom stereocenters. The molecular weight excluding hydrogens is 402 g/mol. The number of aromatic nitrogens is 1. The van der Waals surface area contributed by atoms with Gasteiger partial charge in [-0.3, -0.25) is 9.59 Å². The highest BCUT2D eigenvalue weighted by Gasteiger charge is 2.36. The van der Waals surface area contributed by atoms with Gasteiger partial charge in [0.1, 0.15) is 11.8 Å². The summed E-state index contributed by atoms with van der Waals surface area (Å²) in [6, 6.07) is 18.8. The fourth-order valence-electron chi connectivity index (χ4n) is 4.26. The van der Waals surface area contributed by atoms with Gasteiger partial charge < -0.3 is 14.6 Å². The van der Waals surface area contributed by atoms with Gasteiger partial charge in [0.2, 0.25) is 11.8 Å². The Labute approximate surface area is 187 Å². The van der Waals surface area contributed by atoms with E-state index in [0.29, 0.717) is 23.8 Å². The van der Waals surface area contributed by atoms with E-state index >= 15 is 0 Å². The highest BCUT2D eigenvalue weighted by molar-refractivity contribution is 5.97. The first-order chi connectivity index (χ1) is 15.7. The third-order valence-corrected chi connectivity index (χ3v) is 6.14. The van der Waals surface area contributed by atoms with Gasteiger partial charge in [-0.15, -0.1) is 0 Å². The van der Waals surface area contributed by atoms with E-state index in [-0.39, 0.29) is 17.7 Å². The van der Waals surface area contributed by atoms with Crippen LogP contribution < -0.4 is 5.32 Å². The summed E-state index contributed by atoms with van der Waals surface area (Å²) in [7, 11) is 0. The Morgan fingerprint density at radius 1 is 1.00 bits per heavy atom. The van der Waals surface area contributed by atoms with Crippen LogP contribution in [0.4, 0.5) is 0 Å². The lowest BCUT2D eigenvalue weighted by Crippen LogP contribution is -2.49. The molecule has 32 heavy (non-hydrogen) atoms. The van der Waals surface area contributed by atoms with Crippen molar-refractivity contribution in [3.05, 3.63) is 77.7 Å². The van der Waals surface area contributed by atoms with E-state index in [9.17, 15) is 9.59 Å². The molecule has 5 rings (SSSR count). The number of carbonyl (C=O) groups is 2. The van der Waals surface area contributed by atoms with Crippen molar-refractivity contribution in [2.24, 2.45) is 0 Å². The zero-order valence-corrected chi connectivity index (χ0v) is 18.0. The second-order valence-electron chi connectivity index (χ2n) is 8.62. The fraction of sp³-hybridized carbons (Fsp3) is 0.346. The van der Waals surface area contributed by atoms with Crippen molar-refractivity contribution in [2.45, 2.75) is 44.1 Å². The molecule has 0 bridgehead atoms. The van der Waals surface area contributed by atoms with Gasteiger partial charge in [0, 0.05) is 31.0 Å². The lowest BCUT2D eigenvalue weighted by atomic mass is 10.0. The topological polar surface area (TPSA) is 75.4 Å². The summed E-state index contributed by atoms with van der Waals surface area (Å²) in [5, 5.41) is 2.99. The summed E-state index contributed by atoms with van der Waals surface area (Å²) >= 11 is 0. The molecule has 1 aromatic heterocycles. The number of nitrogens with one attached hydrogen (secondary N) is 1. The molecule has 2 heterocycles. The zero-order chi connectivity index (χ0) is 21.9. The highest BCUT2D eigenvalue weighted by Crippen LogP contribution is 2.43. The van der Waals surface area contributed by atoms with Crippen LogP contribution in [0.1, 0.15) is 53.4 Å². The Morgan fingerprint density at radius 3 is 2.31 bits per heavy atom. The van der Waals surface area contributed by atoms with E-state index in [1.54, 1.807) is 0 Å². The largest absolute Gasteiger partial charge is 0.440 e. The second-order valence-corrected chi connectivity index (χ2v) is 8.62. The predicted molar refractivity (Wildman–Crippen MR) is 121 cm³/mol. The Morgan fingerprint density at radius 2 is 1.66 bits per heavy atom. The molecule has 1 saturated carbocycles. The molecule has 1 aliphatic heterocycles. The third-order valence-electron chi connectivity index (χ3n) is 6.14. The van der Waals surface area contributed by atoms with Gasteiger partial charge in [-0.05, 0) is 43.4 Å². The maximum absolute atomic E-state index is 13.4. The van der Waals surface area contributed by atoms with E-state index in [2.05, 4.69) is 10.3 Å². The molecular formula is C26H27N3O3. The monoisotopic (exact) mass is 429 g/mol. The van der Waals surface area contributed by atoms with Crippen molar-refractivity contribution in [2.75, 3.05) is 13.1 Å². The van der Waals surface area contributed by atoms with Gasteiger partial charge in [-0.2, -0.15) is 0 Å². The normalized spacial score (nSPS) is 16.7. The summed E-state index contributed by atoms with van der Waals surface area (Å²) < 4.78 is 6.04. The number of carbonyl (C=O) groups excluding carboxylic acids is 2. The van der Waals surface area contributed by atoms with Crippen LogP contribution in [0, 0.1) is 0 Å². The van der Waals surface area contributed by atoms with Crippen LogP contribution in [0.2, 0.25) is 0 Å². The van der Waals surface area contributed by atoms with Crippen LogP contribution in [0.3, 0.4) is 0 Å². The van der Waals surface area contributed by atoms with Crippen molar-refractivity contribution >= 4 is 11.8 Å². The molecule has 1 saturated heterocycles. The van der Waals surface area contributed by atoms with E-state index < -0.39 is 6.04 Å². The lowest BCUT2D eigenvalue weighted by molar-refractivity contribution is -0.132. The summed E-state index contributed by atoms with van der Waals surface area (Å²) in [5.41, 5.74) is 2.15. The van der Waals surface area contributed by atoms with Crippen LogP contribution in [0.15, 0.2) is 65.1 Å². The van der Waals surface area contributed by atoms with Crippen molar-refractivity contribution in [1.82, 2.24) is 15.2 Å². The van der Waals surface area contributed by atoms with Crippen LogP contribution in [-0.2, 0) is 11.2 Å². The van der Waals surface area contributed by atoms with E-state index in [1.165, 1.54) is 0 Å². The Balaban J connectivity index is 1.41. The lowest BCUT2D eigenvalue weighted by Gasteiger charge is -2.24. The van der Waals surface area contributed by atoms with Crippen molar-refractivity contribution in [3.63, 3.8) is 0 Å². The molecule has 164 valence electrons. The summed E-state index contributed by atoms with van der Waals surface area (Å²) in [4.78, 5) is 33.0. The smallest absolute Gasteiger partial charge is 0.274 e. The minimum absolute atomic E-state index is 0.0283. The molecule has 1 aliphatic carbocycles. The summed E-state index contributed by atoms with van der Waals surface area (Å²) in [5.74, 6) is 0.935. The van der Waals surface area contributed by atoms with E-state index in [4.69, 9.17) is 4.42 Å². The maximum Gasteiger partial charge on any atom is 0.274 e. The molecule has 6 nitrogen and oxygen atoms in total. The SMILES string of the molecule is O=C(NC(Cc1ccccc1)C(=O)N1CCCC1)c1nc(-c2ccccc2)oc1C1CC1. The average molecular weight is 430 g/mol. The third kappa shape index (κ3) is 4.44. The van der Waals surface area contributed by atoms with Crippen molar-refractivity contribution in [3.8, 4) is 11.5 Å². The average Bonchev–Trinajstić information content (AvgIpc) is 3.34. The molecule has 2 aromatic carbocycles. The number of rotatable bonds is 7. The number of hydrogen-bond donors (Lipinski definition) is 1. The van der Waals surface area contributed by atoms with Crippen molar-refractivity contribution in [1.29, 1.82) is 0 Å². The van der Waals surface area contributed by atoms with Gasteiger partial charge in [0.05, 0.1) is 0 Å². The van der Waals surface area contributed by atoms with Gasteiger partial charge in [0.25, 0.3) is 5.91 Å². The Kier molecular flexibility index (Phi) is 5.75. The quantitative estimate of drug-likeness (QED) is 0.611. The molecule has 0 spiro atoms. The number of likely N-dealkylation sites (tertiary alicyclic amines) is 1. The molecule has 1 unspecified atom stereocenters. The van der Waals surface area contributed by atoms with Gasteiger partial charge >= 0.3 is 0 Å². The maximum atomic E-state index is 13.4. The van der Waals surface area contributed by atoms with Crippen LogP contribution in [-0.4, -0.2) is 40.8 Å². The van der Waals surface area contributed by atoms with Crippen LogP contribution in [0.5, 0.6) is 0 Å². The van der Waals surface area contributed by atoms with Gasteiger partial charge in [-0.1, -0.05) is 48.5 Å². The zero-order valence-electron chi connectivity index (χ0n) is 18.0. The molecule has 2 fully saturated rings. The summed E-state index contributed by atoms with van der Waals surface area (Å²) in [6.45, 7) is 1.49. The number of oxazole rings is 1. The predicted octanol–water partition coefficient (Wildman–Crippen LogP) is 4.18.